The third-order valence-corrected chi connectivity index (χ3v) is 6.33. The Balaban J connectivity index is 1.43. The third kappa shape index (κ3) is 3.84. The van der Waals surface area contributed by atoms with Crippen molar-refractivity contribution in [3.63, 3.8) is 0 Å². The number of nitrogens with one attached hydrogen (secondary N) is 1. The number of hydrogen-bond donors (Lipinski definition) is 2. The number of halogens is 2. The quantitative estimate of drug-likeness (QED) is 0.336. The molecule has 33 heavy (non-hydrogen) atoms. The van der Waals surface area contributed by atoms with E-state index in [4.69, 9.17) is 40.2 Å². The van der Waals surface area contributed by atoms with Crippen LogP contribution in [-0.4, -0.2) is 22.6 Å². The van der Waals surface area contributed by atoms with Crippen molar-refractivity contribution in [1.29, 1.82) is 0 Å². The molecule has 0 radical (unpaired) electrons. The Morgan fingerprint density at radius 1 is 1.15 bits per heavy atom. The van der Waals surface area contributed by atoms with Crippen molar-refractivity contribution in [2.45, 2.75) is 12.3 Å². The van der Waals surface area contributed by atoms with E-state index in [9.17, 15) is 4.79 Å². The number of nitrogens with zero attached hydrogens (tertiary/aromatic N) is 3. The number of amides is 1. The number of aromatic amines is 1. The van der Waals surface area contributed by atoms with Crippen LogP contribution in [0.25, 0.3) is 15.7 Å². The number of fused-ring (bicyclic) bond motifs is 1. The van der Waals surface area contributed by atoms with Crippen LogP contribution in [0.4, 0.5) is 17.2 Å². The second kappa shape index (κ2) is 8.32. The van der Waals surface area contributed by atoms with Crippen LogP contribution in [0.2, 0.25) is 10.0 Å². The number of nitrogen functional groups attached to an aromatic ring is 1. The zero-order chi connectivity index (χ0) is 23.1. The Kier molecular flexibility index (Phi) is 5.33. The smallest absolute Gasteiger partial charge is 0.230 e. The van der Waals surface area contributed by atoms with E-state index in [0.29, 0.717) is 40.3 Å². The summed E-state index contributed by atoms with van der Waals surface area (Å²) in [5.41, 5.74) is 8.71. The van der Waals surface area contributed by atoms with Crippen molar-refractivity contribution in [3.8, 4) is 11.5 Å². The summed E-state index contributed by atoms with van der Waals surface area (Å²) in [6.07, 6.45) is 0.347. The monoisotopic (exact) mass is 477 g/mol. The van der Waals surface area contributed by atoms with E-state index in [-0.39, 0.29) is 17.6 Å². The highest BCUT2D eigenvalue weighted by atomic mass is 35.5. The Hall–Kier alpha value is -3.73. The summed E-state index contributed by atoms with van der Waals surface area (Å²) in [5.74, 6) is 0.989. The number of anilines is 2. The fourth-order valence-corrected chi connectivity index (χ4v) is 4.38. The maximum Gasteiger partial charge on any atom is 0.230 e. The van der Waals surface area contributed by atoms with Gasteiger partial charge in [0.25, 0.3) is 0 Å². The Bertz CT molecular complexity index is 1440. The average Bonchev–Trinajstić information content (AvgIpc) is 3.38. The van der Waals surface area contributed by atoms with Gasteiger partial charge in [-0.2, -0.15) is 5.10 Å². The first kappa shape index (κ1) is 21.1. The van der Waals surface area contributed by atoms with Gasteiger partial charge in [-0.05, 0) is 42.0 Å². The molecule has 0 aliphatic carbocycles. The van der Waals surface area contributed by atoms with Gasteiger partial charge in [-0.15, -0.1) is 0 Å². The molecule has 3 N–H and O–H groups in total. The van der Waals surface area contributed by atoms with Gasteiger partial charge in [-0.1, -0.05) is 41.4 Å². The molecular formula is C24H17Cl2N5O2. The lowest BCUT2D eigenvalue weighted by atomic mass is 9.98. The van der Waals surface area contributed by atoms with E-state index in [1.807, 2.05) is 24.3 Å². The predicted octanol–water partition coefficient (Wildman–Crippen LogP) is 6.32. The van der Waals surface area contributed by atoms with E-state index in [2.05, 4.69) is 15.0 Å². The average molecular weight is 478 g/mol. The minimum absolute atomic E-state index is 0.0141. The van der Waals surface area contributed by atoms with Gasteiger partial charge in [0.1, 0.15) is 5.75 Å². The van der Waals surface area contributed by atoms with Crippen molar-refractivity contribution in [1.82, 2.24) is 10.2 Å². The lowest BCUT2D eigenvalue weighted by molar-refractivity contribution is -0.117. The number of aromatic nitrogens is 2. The van der Waals surface area contributed by atoms with Crippen LogP contribution in [0, 0.1) is 6.57 Å². The maximum absolute atomic E-state index is 12.9. The normalized spacial score (nSPS) is 15.7. The molecule has 5 rings (SSSR count). The second-order valence-corrected chi connectivity index (χ2v) is 8.55. The largest absolute Gasteiger partial charge is 0.465 e. The fourth-order valence-electron chi connectivity index (χ4n) is 4.02. The summed E-state index contributed by atoms with van der Waals surface area (Å²) >= 11 is 12.6. The van der Waals surface area contributed by atoms with Gasteiger partial charge in [-0.25, -0.2) is 4.85 Å². The first-order valence-corrected chi connectivity index (χ1v) is 10.9. The number of benzene rings is 3. The Morgan fingerprint density at radius 2 is 2.00 bits per heavy atom. The lowest BCUT2D eigenvalue weighted by Gasteiger charge is -2.18. The molecule has 1 aliphatic rings. The zero-order valence-electron chi connectivity index (χ0n) is 17.2. The molecule has 2 heterocycles. The minimum Gasteiger partial charge on any atom is -0.465 e. The number of nitrogens with two attached hydrogens (primary N) is 1. The van der Waals surface area contributed by atoms with Gasteiger partial charge in [0.15, 0.2) is 11.6 Å². The number of para-hydroxylation sites is 1. The van der Waals surface area contributed by atoms with Crippen molar-refractivity contribution >= 4 is 57.2 Å². The lowest BCUT2D eigenvalue weighted by Crippen LogP contribution is -2.24. The molecule has 1 aliphatic heterocycles. The van der Waals surface area contributed by atoms with Crippen molar-refractivity contribution in [2.75, 3.05) is 17.2 Å². The Labute approximate surface area is 199 Å². The molecular weight excluding hydrogens is 461 g/mol. The summed E-state index contributed by atoms with van der Waals surface area (Å²) < 4.78 is 5.95. The number of hydrogen-bond acceptors (Lipinski definition) is 4. The molecule has 0 bridgehead atoms. The molecule has 4 aromatic rings. The summed E-state index contributed by atoms with van der Waals surface area (Å²) in [6, 6.07) is 16.0. The van der Waals surface area contributed by atoms with E-state index in [1.165, 1.54) is 0 Å². The van der Waals surface area contributed by atoms with E-state index in [0.717, 1.165) is 22.2 Å². The van der Waals surface area contributed by atoms with Gasteiger partial charge < -0.3 is 15.4 Å². The SMILES string of the molecule is [C-]#[N+]c1cccc(Cl)c1Oc1cc([C@H]2CC(=O)N(c3ccc4[nH]nc(N)c4c3)C2)ccc1Cl. The summed E-state index contributed by atoms with van der Waals surface area (Å²) in [7, 11) is 0. The third-order valence-electron chi connectivity index (χ3n) is 5.72. The van der Waals surface area contributed by atoms with Gasteiger partial charge in [-0.3, -0.25) is 9.89 Å². The molecule has 0 unspecified atom stereocenters. The van der Waals surface area contributed by atoms with Crippen LogP contribution in [0.3, 0.4) is 0 Å². The highest BCUT2D eigenvalue weighted by Gasteiger charge is 2.32. The second-order valence-electron chi connectivity index (χ2n) is 7.74. The standard InChI is InChI=1S/C24H17Cl2N5O2/c1-28-20-4-2-3-18(26)23(20)33-21-9-13(5-7-17(21)25)14-10-22(32)31(12-14)15-6-8-19-16(11-15)24(27)30-29-19/h2-9,11,14H,10,12H2,(H3,27,29,30)/t14-/m0/s1. The van der Waals surface area contributed by atoms with Crippen molar-refractivity contribution in [3.05, 3.63) is 81.6 Å². The number of H-pyrrole nitrogens is 1. The van der Waals surface area contributed by atoms with Crippen LogP contribution in [0.1, 0.15) is 17.9 Å². The Morgan fingerprint density at radius 3 is 2.82 bits per heavy atom. The fraction of sp³-hybridized carbons (Fsp3) is 0.125. The highest BCUT2D eigenvalue weighted by molar-refractivity contribution is 6.33. The summed E-state index contributed by atoms with van der Waals surface area (Å²) in [5, 5.41) is 8.36. The molecule has 0 saturated carbocycles. The van der Waals surface area contributed by atoms with Gasteiger partial charge in [0.2, 0.25) is 11.6 Å². The number of carbonyl (C=O) groups excluding carboxylic acids is 1. The molecule has 9 heteroatoms. The molecule has 1 fully saturated rings. The highest BCUT2D eigenvalue weighted by Crippen LogP contribution is 2.42. The zero-order valence-corrected chi connectivity index (χ0v) is 18.7. The van der Waals surface area contributed by atoms with Crippen molar-refractivity contribution < 1.29 is 9.53 Å². The van der Waals surface area contributed by atoms with Crippen LogP contribution in [0.5, 0.6) is 11.5 Å². The molecule has 0 spiro atoms. The van der Waals surface area contributed by atoms with Crippen LogP contribution in [0.15, 0.2) is 54.6 Å². The predicted molar refractivity (Wildman–Crippen MR) is 129 cm³/mol. The minimum atomic E-state index is -0.0545. The molecule has 1 saturated heterocycles. The van der Waals surface area contributed by atoms with Crippen LogP contribution >= 0.6 is 23.2 Å². The number of ether oxygens (including phenoxy) is 1. The number of rotatable bonds is 4. The summed E-state index contributed by atoms with van der Waals surface area (Å²) in [4.78, 5) is 18.1. The molecule has 164 valence electrons. The molecule has 3 aromatic carbocycles. The molecule has 1 atom stereocenters. The van der Waals surface area contributed by atoms with Gasteiger partial charge in [0, 0.05) is 30.0 Å². The van der Waals surface area contributed by atoms with E-state index >= 15 is 0 Å². The molecule has 1 amide bonds. The maximum atomic E-state index is 12.9. The van der Waals surface area contributed by atoms with Gasteiger partial charge in [0.05, 0.1) is 22.1 Å². The first-order chi connectivity index (χ1) is 15.9. The van der Waals surface area contributed by atoms with Crippen LogP contribution < -0.4 is 15.4 Å². The number of carbonyl (C=O) groups is 1. The topological polar surface area (TPSA) is 88.6 Å². The van der Waals surface area contributed by atoms with E-state index in [1.54, 1.807) is 35.2 Å². The van der Waals surface area contributed by atoms with Crippen LogP contribution in [-0.2, 0) is 4.79 Å². The van der Waals surface area contributed by atoms with Gasteiger partial charge >= 0.3 is 0 Å². The first-order valence-electron chi connectivity index (χ1n) is 10.1. The van der Waals surface area contributed by atoms with Crippen molar-refractivity contribution in [2.24, 2.45) is 0 Å². The summed E-state index contributed by atoms with van der Waals surface area (Å²) in [6.45, 7) is 7.86. The molecule has 1 aromatic heterocycles. The van der Waals surface area contributed by atoms with E-state index < -0.39 is 0 Å². The molecule has 7 nitrogen and oxygen atoms in total.